The second-order valence-electron chi connectivity index (χ2n) is 4.78. The highest BCUT2D eigenvalue weighted by Crippen LogP contribution is 2.29. The number of benzene rings is 1. The standard InChI is InChI=1S/C16H18F2N2O4/c1-2-22-14-5-10(3-4-13(14)24-16(17)18)8-20-15(21)11-6-12(7-19)23-9-11/h3-6,9,16H,2,7-8,19H2,1H3,(H,20,21). The first-order valence-electron chi connectivity index (χ1n) is 7.29. The summed E-state index contributed by atoms with van der Waals surface area (Å²) in [5.74, 6) is 0.319. The zero-order valence-corrected chi connectivity index (χ0v) is 13.1. The average Bonchev–Trinajstić information content (AvgIpc) is 3.03. The van der Waals surface area contributed by atoms with E-state index in [0.717, 1.165) is 0 Å². The molecule has 2 aromatic rings. The molecule has 8 heteroatoms. The third-order valence-corrected chi connectivity index (χ3v) is 3.09. The van der Waals surface area contributed by atoms with Crippen molar-refractivity contribution in [1.29, 1.82) is 0 Å². The number of halogens is 2. The molecule has 0 saturated carbocycles. The molecule has 0 aliphatic carbocycles. The van der Waals surface area contributed by atoms with Crippen LogP contribution in [0.2, 0.25) is 0 Å². The van der Waals surface area contributed by atoms with Crippen LogP contribution in [0.15, 0.2) is 34.9 Å². The molecule has 1 heterocycles. The van der Waals surface area contributed by atoms with E-state index in [-0.39, 0.29) is 30.5 Å². The van der Waals surface area contributed by atoms with E-state index in [1.807, 2.05) is 0 Å². The fourth-order valence-electron chi connectivity index (χ4n) is 2.02. The first-order valence-corrected chi connectivity index (χ1v) is 7.29. The number of rotatable bonds is 8. The van der Waals surface area contributed by atoms with E-state index in [1.54, 1.807) is 25.1 Å². The van der Waals surface area contributed by atoms with Gasteiger partial charge in [0.25, 0.3) is 5.91 Å². The molecule has 2 rings (SSSR count). The van der Waals surface area contributed by atoms with Crippen molar-refractivity contribution in [1.82, 2.24) is 5.32 Å². The molecule has 0 fully saturated rings. The minimum absolute atomic E-state index is 0.0515. The molecule has 3 N–H and O–H groups in total. The summed E-state index contributed by atoms with van der Waals surface area (Å²) in [5, 5.41) is 2.70. The fraction of sp³-hybridized carbons (Fsp3) is 0.312. The molecule has 1 aromatic carbocycles. The molecule has 0 spiro atoms. The molecule has 24 heavy (non-hydrogen) atoms. The number of nitrogens with one attached hydrogen (secondary N) is 1. The maximum absolute atomic E-state index is 12.4. The van der Waals surface area contributed by atoms with Crippen molar-refractivity contribution in [3.8, 4) is 11.5 Å². The van der Waals surface area contributed by atoms with Crippen molar-refractivity contribution < 1.29 is 27.5 Å². The van der Waals surface area contributed by atoms with Gasteiger partial charge in [0.2, 0.25) is 0 Å². The molecule has 1 amide bonds. The number of furan rings is 1. The number of amides is 1. The van der Waals surface area contributed by atoms with Crippen LogP contribution in [0.4, 0.5) is 8.78 Å². The van der Waals surface area contributed by atoms with E-state index >= 15 is 0 Å². The van der Waals surface area contributed by atoms with Gasteiger partial charge in [0, 0.05) is 6.54 Å². The van der Waals surface area contributed by atoms with Gasteiger partial charge in [-0.1, -0.05) is 6.07 Å². The Kier molecular flexibility index (Phi) is 6.14. The number of nitrogens with two attached hydrogens (primary N) is 1. The molecule has 0 aliphatic rings. The van der Waals surface area contributed by atoms with Gasteiger partial charge in [0.15, 0.2) is 11.5 Å². The second kappa shape index (κ2) is 8.30. The molecular formula is C16H18F2N2O4. The monoisotopic (exact) mass is 340 g/mol. The number of ether oxygens (including phenoxy) is 2. The summed E-state index contributed by atoms with van der Waals surface area (Å²) in [6.07, 6.45) is 1.32. The van der Waals surface area contributed by atoms with Crippen LogP contribution in [0.25, 0.3) is 0 Å². The summed E-state index contributed by atoms with van der Waals surface area (Å²) in [5.41, 5.74) is 6.45. The summed E-state index contributed by atoms with van der Waals surface area (Å²) < 4.78 is 39.5. The maximum Gasteiger partial charge on any atom is 0.387 e. The van der Waals surface area contributed by atoms with Gasteiger partial charge < -0.3 is 24.9 Å². The largest absolute Gasteiger partial charge is 0.490 e. The SMILES string of the molecule is CCOc1cc(CNC(=O)c2coc(CN)c2)ccc1OC(F)F. The van der Waals surface area contributed by atoms with Gasteiger partial charge in [-0.3, -0.25) is 4.79 Å². The van der Waals surface area contributed by atoms with Crippen LogP contribution < -0.4 is 20.5 Å². The zero-order valence-electron chi connectivity index (χ0n) is 13.1. The third-order valence-electron chi connectivity index (χ3n) is 3.09. The lowest BCUT2D eigenvalue weighted by atomic mass is 10.2. The van der Waals surface area contributed by atoms with E-state index < -0.39 is 6.61 Å². The van der Waals surface area contributed by atoms with Gasteiger partial charge in [-0.15, -0.1) is 0 Å². The molecule has 0 unspecified atom stereocenters. The Morgan fingerprint density at radius 2 is 2.12 bits per heavy atom. The van der Waals surface area contributed by atoms with Gasteiger partial charge in [-0.25, -0.2) is 0 Å². The Balaban J connectivity index is 2.03. The second-order valence-corrected chi connectivity index (χ2v) is 4.78. The highest BCUT2D eigenvalue weighted by molar-refractivity contribution is 5.93. The Hall–Kier alpha value is -2.61. The van der Waals surface area contributed by atoms with Crippen LogP contribution in [-0.2, 0) is 13.1 Å². The molecule has 0 radical (unpaired) electrons. The fourth-order valence-corrected chi connectivity index (χ4v) is 2.02. The van der Waals surface area contributed by atoms with Crippen LogP contribution in [-0.4, -0.2) is 19.1 Å². The van der Waals surface area contributed by atoms with E-state index in [9.17, 15) is 13.6 Å². The van der Waals surface area contributed by atoms with Gasteiger partial charge in [0.05, 0.1) is 18.7 Å². The van der Waals surface area contributed by atoms with Crippen molar-refractivity contribution in [2.45, 2.75) is 26.6 Å². The minimum Gasteiger partial charge on any atom is -0.490 e. The number of alkyl halides is 2. The van der Waals surface area contributed by atoms with Crippen molar-refractivity contribution in [3.63, 3.8) is 0 Å². The number of hydrogen-bond acceptors (Lipinski definition) is 5. The molecule has 0 aliphatic heterocycles. The molecule has 1 aromatic heterocycles. The molecule has 0 bridgehead atoms. The summed E-state index contributed by atoms with van der Waals surface area (Å²) in [7, 11) is 0. The van der Waals surface area contributed by atoms with Crippen LogP contribution in [0.1, 0.15) is 28.6 Å². The summed E-state index contributed by atoms with van der Waals surface area (Å²) in [6, 6.07) is 6.05. The molecule has 6 nitrogen and oxygen atoms in total. The predicted molar refractivity (Wildman–Crippen MR) is 82.0 cm³/mol. The van der Waals surface area contributed by atoms with E-state index in [0.29, 0.717) is 23.5 Å². The molecule has 0 atom stereocenters. The smallest absolute Gasteiger partial charge is 0.387 e. The first-order chi connectivity index (χ1) is 11.5. The highest BCUT2D eigenvalue weighted by Gasteiger charge is 2.13. The lowest BCUT2D eigenvalue weighted by Gasteiger charge is -2.13. The first kappa shape index (κ1) is 17.7. The number of hydrogen-bond donors (Lipinski definition) is 2. The van der Waals surface area contributed by atoms with Crippen molar-refractivity contribution >= 4 is 5.91 Å². The average molecular weight is 340 g/mol. The maximum atomic E-state index is 12.4. The normalized spacial score (nSPS) is 10.7. The van der Waals surface area contributed by atoms with Crippen molar-refractivity contribution in [2.75, 3.05) is 6.61 Å². The topological polar surface area (TPSA) is 86.7 Å². The summed E-state index contributed by atoms with van der Waals surface area (Å²) in [4.78, 5) is 12.0. The van der Waals surface area contributed by atoms with Crippen LogP contribution in [0, 0.1) is 0 Å². The summed E-state index contributed by atoms with van der Waals surface area (Å²) >= 11 is 0. The Bertz CT molecular complexity index is 688. The van der Waals surface area contributed by atoms with E-state index in [4.69, 9.17) is 14.9 Å². The lowest BCUT2D eigenvalue weighted by Crippen LogP contribution is -2.22. The summed E-state index contributed by atoms with van der Waals surface area (Å²) in [6.45, 7) is -0.512. The highest BCUT2D eigenvalue weighted by atomic mass is 19.3. The van der Waals surface area contributed by atoms with Crippen LogP contribution >= 0.6 is 0 Å². The molecule has 130 valence electrons. The number of carbonyl (C=O) groups excluding carboxylic acids is 1. The zero-order chi connectivity index (χ0) is 17.5. The Morgan fingerprint density at radius 3 is 2.75 bits per heavy atom. The van der Waals surface area contributed by atoms with Crippen molar-refractivity contribution in [2.24, 2.45) is 5.73 Å². The van der Waals surface area contributed by atoms with Gasteiger partial charge in [0.1, 0.15) is 12.0 Å². The lowest BCUT2D eigenvalue weighted by molar-refractivity contribution is -0.0514. The Morgan fingerprint density at radius 1 is 1.33 bits per heavy atom. The van der Waals surface area contributed by atoms with Gasteiger partial charge in [-0.05, 0) is 30.7 Å². The molecule has 0 saturated heterocycles. The minimum atomic E-state index is -2.94. The van der Waals surface area contributed by atoms with Crippen LogP contribution in [0.5, 0.6) is 11.5 Å². The van der Waals surface area contributed by atoms with Crippen LogP contribution in [0.3, 0.4) is 0 Å². The van der Waals surface area contributed by atoms with Gasteiger partial charge in [-0.2, -0.15) is 8.78 Å². The quantitative estimate of drug-likeness (QED) is 0.771. The number of carbonyl (C=O) groups is 1. The van der Waals surface area contributed by atoms with Gasteiger partial charge >= 0.3 is 6.61 Å². The third kappa shape index (κ3) is 4.69. The molecular weight excluding hydrogens is 322 g/mol. The predicted octanol–water partition coefficient (Wildman–Crippen LogP) is 2.67. The Labute approximate surface area is 137 Å². The van der Waals surface area contributed by atoms with Crippen molar-refractivity contribution in [3.05, 3.63) is 47.4 Å². The van der Waals surface area contributed by atoms with E-state index in [2.05, 4.69) is 10.1 Å². The van der Waals surface area contributed by atoms with E-state index in [1.165, 1.54) is 12.3 Å².